The highest BCUT2D eigenvalue weighted by atomic mass is 35.5. The predicted molar refractivity (Wildman–Crippen MR) is 87.8 cm³/mol. The lowest BCUT2D eigenvalue weighted by atomic mass is 9.97. The fourth-order valence-electron chi connectivity index (χ4n) is 3.12. The first-order valence-corrected chi connectivity index (χ1v) is 7.95. The molecule has 1 fully saturated rings. The van der Waals surface area contributed by atoms with Crippen LogP contribution in [-0.2, 0) is 11.3 Å². The van der Waals surface area contributed by atoms with Gasteiger partial charge in [-0.1, -0.05) is 11.6 Å². The molecule has 0 spiro atoms. The van der Waals surface area contributed by atoms with Gasteiger partial charge in [-0.3, -0.25) is 9.69 Å². The van der Waals surface area contributed by atoms with E-state index in [9.17, 15) is 4.79 Å². The number of fused-ring (bicyclic) bond motifs is 1. The second-order valence-corrected chi connectivity index (χ2v) is 6.66. The van der Waals surface area contributed by atoms with Crippen molar-refractivity contribution in [2.45, 2.75) is 19.4 Å². The molecule has 0 saturated carbocycles. The van der Waals surface area contributed by atoms with E-state index in [1.165, 1.54) is 0 Å². The van der Waals surface area contributed by atoms with Gasteiger partial charge in [0.15, 0.2) is 0 Å². The van der Waals surface area contributed by atoms with Crippen LogP contribution >= 0.6 is 11.6 Å². The molecule has 1 aromatic heterocycles. The van der Waals surface area contributed by atoms with Crippen LogP contribution in [0.3, 0.4) is 0 Å². The van der Waals surface area contributed by atoms with E-state index < -0.39 is 0 Å². The second kappa shape index (κ2) is 6.26. The number of nitrogens with zero attached hydrogens (tertiary/aromatic N) is 3. The quantitative estimate of drug-likeness (QED) is 0.941. The number of hydrogen-bond donors (Lipinski definition) is 1. The predicted octanol–water partition coefficient (Wildman–Crippen LogP) is 2.52. The van der Waals surface area contributed by atoms with Crippen molar-refractivity contribution in [3.63, 3.8) is 0 Å². The first kappa shape index (κ1) is 15.3. The number of carbonyl (C=O) groups excluding carboxylic acids is 1. The number of benzene rings is 1. The van der Waals surface area contributed by atoms with Crippen LogP contribution in [0.25, 0.3) is 11.0 Å². The van der Waals surface area contributed by atoms with Gasteiger partial charge < -0.3 is 9.88 Å². The lowest BCUT2D eigenvalue weighted by molar-refractivity contribution is -0.133. The van der Waals surface area contributed by atoms with Crippen molar-refractivity contribution >= 4 is 28.5 Å². The Kier molecular flexibility index (Phi) is 4.36. The summed E-state index contributed by atoms with van der Waals surface area (Å²) in [6.07, 6.45) is 1.64. The van der Waals surface area contributed by atoms with E-state index in [1.54, 1.807) is 0 Å². The topological polar surface area (TPSA) is 52.2 Å². The molecule has 5 nitrogen and oxygen atoms in total. The van der Waals surface area contributed by atoms with Gasteiger partial charge in [-0.2, -0.15) is 0 Å². The van der Waals surface area contributed by atoms with Gasteiger partial charge in [-0.15, -0.1) is 0 Å². The number of amides is 1. The van der Waals surface area contributed by atoms with Crippen molar-refractivity contribution < 1.29 is 4.79 Å². The third-order valence-corrected chi connectivity index (χ3v) is 4.44. The average Bonchev–Trinajstić information content (AvgIpc) is 2.84. The van der Waals surface area contributed by atoms with Crippen molar-refractivity contribution in [1.82, 2.24) is 19.8 Å². The van der Waals surface area contributed by atoms with Gasteiger partial charge >= 0.3 is 0 Å². The third-order valence-electron chi connectivity index (χ3n) is 4.21. The Morgan fingerprint density at radius 2 is 2.32 bits per heavy atom. The first-order chi connectivity index (χ1) is 10.5. The van der Waals surface area contributed by atoms with Crippen molar-refractivity contribution in [3.05, 3.63) is 29.0 Å². The highest BCUT2D eigenvalue weighted by Crippen LogP contribution is 2.19. The molecule has 0 radical (unpaired) electrons. The van der Waals surface area contributed by atoms with Crippen molar-refractivity contribution in [2.75, 3.05) is 27.2 Å². The van der Waals surface area contributed by atoms with E-state index in [1.807, 2.05) is 30.1 Å². The SMILES string of the molecule is CN(Cc1nc2ccc(Cl)cc2[nH]1)CC1CCC(=O)N(C)C1. The van der Waals surface area contributed by atoms with Gasteiger partial charge in [-0.05, 0) is 37.6 Å². The van der Waals surface area contributed by atoms with Crippen LogP contribution in [0.1, 0.15) is 18.7 Å². The fraction of sp³-hybridized carbons (Fsp3) is 0.500. The summed E-state index contributed by atoms with van der Waals surface area (Å²) in [6, 6.07) is 5.68. The Labute approximate surface area is 135 Å². The minimum atomic E-state index is 0.257. The zero-order chi connectivity index (χ0) is 15.7. The summed E-state index contributed by atoms with van der Waals surface area (Å²) in [5, 5.41) is 0.714. The molecule has 1 aromatic carbocycles. The van der Waals surface area contributed by atoms with Gasteiger partial charge in [0, 0.05) is 31.6 Å². The zero-order valence-corrected chi connectivity index (χ0v) is 13.7. The van der Waals surface area contributed by atoms with Gasteiger partial charge in [0.25, 0.3) is 0 Å². The number of nitrogens with one attached hydrogen (secondary N) is 1. The molecule has 0 bridgehead atoms. The lowest BCUT2D eigenvalue weighted by Crippen LogP contribution is -2.41. The Balaban J connectivity index is 1.60. The molecule has 1 atom stereocenters. The number of hydrogen-bond acceptors (Lipinski definition) is 3. The number of aromatic nitrogens is 2. The normalized spacial score (nSPS) is 19.4. The Hall–Kier alpha value is -1.59. The van der Waals surface area contributed by atoms with E-state index in [4.69, 9.17) is 11.6 Å². The Morgan fingerprint density at radius 1 is 1.50 bits per heavy atom. The van der Waals surface area contributed by atoms with Crippen molar-refractivity contribution in [1.29, 1.82) is 0 Å². The highest BCUT2D eigenvalue weighted by molar-refractivity contribution is 6.31. The number of aromatic amines is 1. The Morgan fingerprint density at radius 3 is 3.09 bits per heavy atom. The molecule has 1 saturated heterocycles. The lowest BCUT2D eigenvalue weighted by Gasteiger charge is -2.32. The van der Waals surface area contributed by atoms with Crippen LogP contribution in [0.15, 0.2) is 18.2 Å². The van der Waals surface area contributed by atoms with Crippen LogP contribution < -0.4 is 0 Å². The molecule has 1 aliphatic rings. The maximum Gasteiger partial charge on any atom is 0.222 e. The summed E-state index contributed by atoms with van der Waals surface area (Å²) in [5.41, 5.74) is 1.91. The van der Waals surface area contributed by atoms with E-state index in [2.05, 4.69) is 21.9 Å². The van der Waals surface area contributed by atoms with Crippen LogP contribution in [-0.4, -0.2) is 52.9 Å². The molecule has 0 aliphatic carbocycles. The van der Waals surface area contributed by atoms with Gasteiger partial charge in [0.2, 0.25) is 5.91 Å². The number of piperidine rings is 1. The van der Waals surface area contributed by atoms with Crippen LogP contribution in [0.2, 0.25) is 5.02 Å². The van der Waals surface area contributed by atoms with Crippen molar-refractivity contribution in [2.24, 2.45) is 5.92 Å². The monoisotopic (exact) mass is 320 g/mol. The molecule has 1 aliphatic heterocycles. The molecule has 2 aromatic rings. The summed E-state index contributed by atoms with van der Waals surface area (Å²) in [6.45, 7) is 2.58. The smallest absolute Gasteiger partial charge is 0.222 e. The molecular formula is C16H21ClN4O. The van der Waals surface area contributed by atoms with Crippen molar-refractivity contribution in [3.8, 4) is 0 Å². The van der Waals surface area contributed by atoms with Gasteiger partial charge in [0.1, 0.15) is 5.82 Å². The number of likely N-dealkylation sites (tertiary alicyclic amines) is 1. The minimum absolute atomic E-state index is 0.257. The zero-order valence-electron chi connectivity index (χ0n) is 13.0. The second-order valence-electron chi connectivity index (χ2n) is 6.22. The number of imidazole rings is 1. The molecule has 1 amide bonds. The molecule has 1 unspecified atom stereocenters. The third kappa shape index (κ3) is 3.42. The van der Waals surface area contributed by atoms with E-state index >= 15 is 0 Å². The Bertz CT molecular complexity index is 684. The summed E-state index contributed by atoms with van der Waals surface area (Å²) in [5.74, 6) is 1.74. The fourth-order valence-corrected chi connectivity index (χ4v) is 3.29. The maximum atomic E-state index is 11.5. The molecule has 118 valence electrons. The molecule has 22 heavy (non-hydrogen) atoms. The maximum absolute atomic E-state index is 11.5. The van der Waals surface area contributed by atoms with Gasteiger partial charge in [0.05, 0.1) is 17.6 Å². The van der Waals surface area contributed by atoms with Crippen LogP contribution in [0.5, 0.6) is 0 Å². The first-order valence-electron chi connectivity index (χ1n) is 7.58. The summed E-state index contributed by atoms with van der Waals surface area (Å²) in [7, 11) is 3.98. The van der Waals surface area contributed by atoms with E-state index in [0.29, 0.717) is 17.4 Å². The molecule has 3 rings (SSSR count). The van der Waals surface area contributed by atoms with Crippen LogP contribution in [0.4, 0.5) is 0 Å². The number of halogens is 1. The average molecular weight is 321 g/mol. The van der Waals surface area contributed by atoms with Gasteiger partial charge in [-0.25, -0.2) is 4.98 Å². The van der Waals surface area contributed by atoms with E-state index in [0.717, 1.165) is 42.9 Å². The summed E-state index contributed by atoms with van der Waals surface area (Å²) < 4.78 is 0. The minimum Gasteiger partial charge on any atom is -0.345 e. The number of H-pyrrole nitrogens is 1. The molecule has 6 heteroatoms. The molecule has 1 N–H and O–H groups in total. The number of rotatable bonds is 4. The summed E-state index contributed by atoms with van der Waals surface area (Å²) >= 11 is 6.00. The highest BCUT2D eigenvalue weighted by Gasteiger charge is 2.23. The van der Waals surface area contributed by atoms with Crippen LogP contribution in [0, 0.1) is 5.92 Å². The molecule has 2 heterocycles. The van der Waals surface area contributed by atoms with E-state index in [-0.39, 0.29) is 5.91 Å². The number of carbonyl (C=O) groups is 1. The standard InChI is InChI=1S/C16H21ClN4O/c1-20(8-11-3-6-16(22)21(2)9-11)10-15-18-13-5-4-12(17)7-14(13)19-15/h4-5,7,11H,3,6,8-10H2,1-2H3,(H,18,19). The largest absolute Gasteiger partial charge is 0.345 e. The summed E-state index contributed by atoms with van der Waals surface area (Å²) in [4.78, 5) is 23.5. The molecular weight excluding hydrogens is 300 g/mol.